The summed E-state index contributed by atoms with van der Waals surface area (Å²) in [5, 5.41) is 6.17. The lowest BCUT2D eigenvalue weighted by atomic mass is 10.1. The minimum Gasteiger partial charge on any atom is -0.496 e. The van der Waals surface area contributed by atoms with E-state index < -0.39 is 0 Å². The van der Waals surface area contributed by atoms with E-state index in [1.54, 1.807) is 20.1 Å². The lowest BCUT2D eigenvalue weighted by Crippen LogP contribution is -2.24. The zero-order valence-electron chi connectivity index (χ0n) is 16.5. The van der Waals surface area contributed by atoms with Crippen LogP contribution in [0.1, 0.15) is 33.0 Å². The van der Waals surface area contributed by atoms with Gasteiger partial charge in [0.1, 0.15) is 23.1 Å². The number of hydrogen-bond donors (Lipinski definition) is 2. The molecule has 0 bridgehead atoms. The largest absolute Gasteiger partial charge is 0.496 e. The summed E-state index contributed by atoms with van der Waals surface area (Å²) in [5.41, 5.74) is 4.47. The van der Waals surface area contributed by atoms with Gasteiger partial charge in [-0.1, -0.05) is 35.9 Å². The molecule has 144 valence electrons. The van der Waals surface area contributed by atoms with Gasteiger partial charge in [0.25, 0.3) is 5.91 Å². The third kappa shape index (κ3) is 4.65. The number of amides is 1. The molecule has 1 heterocycles. The summed E-state index contributed by atoms with van der Waals surface area (Å²) < 4.78 is 5.32. The van der Waals surface area contributed by atoms with E-state index in [1.807, 2.05) is 43.3 Å². The van der Waals surface area contributed by atoms with Crippen LogP contribution in [0, 0.1) is 20.8 Å². The molecule has 0 saturated heterocycles. The fourth-order valence-corrected chi connectivity index (χ4v) is 2.95. The van der Waals surface area contributed by atoms with Gasteiger partial charge in [0.15, 0.2) is 0 Å². The maximum Gasteiger partial charge on any atom is 0.270 e. The van der Waals surface area contributed by atoms with Crippen molar-refractivity contribution >= 4 is 17.4 Å². The lowest BCUT2D eigenvalue weighted by molar-refractivity contribution is 0.0945. The monoisotopic (exact) mass is 376 g/mol. The quantitative estimate of drug-likeness (QED) is 0.678. The number of aryl methyl sites for hydroxylation is 3. The first-order valence-corrected chi connectivity index (χ1v) is 9.06. The average Bonchev–Trinajstić information content (AvgIpc) is 2.68. The zero-order chi connectivity index (χ0) is 20.1. The molecule has 6 nitrogen and oxygen atoms in total. The summed E-state index contributed by atoms with van der Waals surface area (Å²) in [6, 6.07) is 15.4. The van der Waals surface area contributed by atoms with Gasteiger partial charge in [-0.25, -0.2) is 9.97 Å². The molecule has 28 heavy (non-hydrogen) atoms. The molecule has 0 aliphatic heterocycles. The molecule has 6 heteroatoms. The first-order chi connectivity index (χ1) is 13.5. The van der Waals surface area contributed by atoms with Crippen LogP contribution in [0.2, 0.25) is 0 Å². The standard InChI is InChI=1S/C22H24N4O2/c1-14-9-10-18(15(2)11-14)26-21-12-19(24-16(3)25-21)22(27)23-13-17-7-5-6-8-20(17)28-4/h5-12H,13H2,1-4H3,(H,23,27)(H,24,25,26). The normalized spacial score (nSPS) is 10.4. The molecule has 1 amide bonds. The number of rotatable bonds is 6. The summed E-state index contributed by atoms with van der Waals surface area (Å²) in [6.07, 6.45) is 0. The van der Waals surface area contributed by atoms with Crippen molar-refractivity contribution in [3.05, 3.63) is 76.7 Å². The van der Waals surface area contributed by atoms with Crippen LogP contribution >= 0.6 is 0 Å². The van der Waals surface area contributed by atoms with Crippen molar-refractivity contribution < 1.29 is 9.53 Å². The van der Waals surface area contributed by atoms with E-state index in [4.69, 9.17) is 4.74 Å². The van der Waals surface area contributed by atoms with Gasteiger partial charge in [-0.3, -0.25) is 4.79 Å². The van der Waals surface area contributed by atoms with Crippen molar-refractivity contribution in [2.75, 3.05) is 12.4 Å². The maximum atomic E-state index is 12.6. The topological polar surface area (TPSA) is 76.1 Å². The van der Waals surface area contributed by atoms with Gasteiger partial charge in [0.2, 0.25) is 0 Å². The number of carbonyl (C=O) groups excluding carboxylic acids is 1. The number of nitrogens with one attached hydrogen (secondary N) is 2. The molecule has 2 N–H and O–H groups in total. The number of carbonyl (C=O) groups is 1. The first kappa shape index (κ1) is 19.4. The SMILES string of the molecule is COc1ccccc1CNC(=O)c1cc(Nc2ccc(C)cc2C)nc(C)n1. The van der Waals surface area contributed by atoms with Crippen molar-refractivity contribution in [3.8, 4) is 5.75 Å². The number of ether oxygens (including phenoxy) is 1. The number of benzene rings is 2. The van der Waals surface area contributed by atoms with E-state index in [1.165, 1.54) is 5.56 Å². The molecule has 0 fully saturated rings. The van der Waals surface area contributed by atoms with E-state index in [2.05, 4.69) is 33.6 Å². The molecule has 0 atom stereocenters. The van der Waals surface area contributed by atoms with Gasteiger partial charge in [-0.2, -0.15) is 0 Å². The van der Waals surface area contributed by atoms with Crippen molar-refractivity contribution in [3.63, 3.8) is 0 Å². The summed E-state index contributed by atoms with van der Waals surface area (Å²) in [6.45, 7) is 6.20. The summed E-state index contributed by atoms with van der Waals surface area (Å²) in [7, 11) is 1.61. The van der Waals surface area contributed by atoms with Crippen LogP contribution in [0.3, 0.4) is 0 Å². The summed E-state index contributed by atoms with van der Waals surface area (Å²) >= 11 is 0. The molecule has 0 aliphatic rings. The first-order valence-electron chi connectivity index (χ1n) is 9.06. The number of nitrogens with zero attached hydrogens (tertiary/aromatic N) is 2. The van der Waals surface area contributed by atoms with E-state index >= 15 is 0 Å². The Bertz CT molecular complexity index is 1000. The van der Waals surface area contributed by atoms with Crippen molar-refractivity contribution in [2.24, 2.45) is 0 Å². The Balaban J connectivity index is 1.76. The van der Waals surface area contributed by atoms with Crippen LogP contribution in [-0.2, 0) is 6.54 Å². The van der Waals surface area contributed by atoms with Gasteiger partial charge in [0.05, 0.1) is 7.11 Å². The van der Waals surface area contributed by atoms with Gasteiger partial charge in [-0.05, 0) is 38.5 Å². The van der Waals surface area contributed by atoms with Crippen LogP contribution in [0.4, 0.5) is 11.5 Å². The molecule has 0 spiro atoms. The van der Waals surface area contributed by atoms with Crippen LogP contribution in [0.25, 0.3) is 0 Å². The van der Waals surface area contributed by atoms with Crippen LogP contribution < -0.4 is 15.4 Å². The Kier molecular flexibility index (Phi) is 5.89. The second-order valence-electron chi connectivity index (χ2n) is 6.62. The van der Waals surface area contributed by atoms with Gasteiger partial charge in [0, 0.05) is 23.9 Å². The summed E-state index contributed by atoms with van der Waals surface area (Å²) in [5.74, 6) is 1.58. The molecular weight excluding hydrogens is 352 g/mol. The Morgan fingerprint density at radius 1 is 1.04 bits per heavy atom. The highest BCUT2D eigenvalue weighted by molar-refractivity contribution is 5.93. The molecule has 3 rings (SSSR count). The second-order valence-corrected chi connectivity index (χ2v) is 6.62. The number of aromatic nitrogens is 2. The number of anilines is 2. The van der Waals surface area contributed by atoms with Gasteiger partial charge in [-0.15, -0.1) is 0 Å². The molecule has 0 unspecified atom stereocenters. The molecule has 3 aromatic rings. The molecule has 2 aromatic carbocycles. The highest BCUT2D eigenvalue weighted by atomic mass is 16.5. The van der Waals surface area contributed by atoms with E-state index in [-0.39, 0.29) is 5.91 Å². The number of methoxy groups -OCH3 is 1. The van der Waals surface area contributed by atoms with Crippen molar-refractivity contribution in [1.29, 1.82) is 0 Å². The van der Waals surface area contributed by atoms with E-state index in [0.29, 0.717) is 23.9 Å². The van der Waals surface area contributed by atoms with Crippen LogP contribution in [0.15, 0.2) is 48.5 Å². The fourth-order valence-electron chi connectivity index (χ4n) is 2.95. The minimum absolute atomic E-state index is 0.264. The Morgan fingerprint density at radius 3 is 2.57 bits per heavy atom. The van der Waals surface area contributed by atoms with Crippen LogP contribution in [-0.4, -0.2) is 23.0 Å². The maximum absolute atomic E-state index is 12.6. The predicted octanol–water partition coefficient (Wildman–Crippen LogP) is 4.08. The lowest BCUT2D eigenvalue weighted by Gasteiger charge is -2.12. The zero-order valence-corrected chi connectivity index (χ0v) is 16.5. The Hall–Kier alpha value is -3.41. The highest BCUT2D eigenvalue weighted by Crippen LogP contribution is 2.21. The Labute approximate surface area is 165 Å². The smallest absolute Gasteiger partial charge is 0.270 e. The second kappa shape index (κ2) is 8.52. The number of hydrogen-bond acceptors (Lipinski definition) is 5. The number of para-hydroxylation sites is 1. The van der Waals surface area contributed by atoms with Crippen molar-refractivity contribution in [2.45, 2.75) is 27.3 Å². The highest BCUT2D eigenvalue weighted by Gasteiger charge is 2.12. The summed E-state index contributed by atoms with van der Waals surface area (Å²) in [4.78, 5) is 21.3. The van der Waals surface area contributed by atoms with E-state index in [0.717, 1.165) is 22.6 Å². The molecule has 0 radical (unpaired) electrons. The Morgan fingerprint density at radius 2 is 1.82 bits per heavy atom. The van der Waals surface area contributed by atoms with E-state index in [9.17, 15) is 4.79 Å². The van der Waals surface area contributed by atoms with Gasteiger partial charge < -0.3 is 15.4 Å². The molecule has 0 saturated carbocycles. The average molecular weight is 376 g/mol. The van der Waals surface area contributed by atoms with Crippen molar-refractivity contribution in [1.82, 2.24) is 15.3 Å². The third-order valence-electron chi connectivity index (χ3n) is 4.35. The predicted molar refractivity (Wildman–Crippen MR) is 110 cm³/mol. The minimum atomic E-state index is -0.264. The third-order valence-corrected chi connectivity index (χ3v) is 4.35. The molecular formula is C22H24N4O2. The molecule has 1 aromatic heterocycles. The fraction of sp³-hybridized carbons (Fsp3) is 0.227. The molecule has 0 aliphatic carbocycles. The van der Waals surface area contributed by atoms with Crippen LogP contribution in [0.5, 0.6) is 5.75 Å². The van der Waals surface area contributed by atoms with Gasteiger partial charge >= 0.3 is 0 Å².